The second-order valence-electron chi connectivity index (χ2n) is 5.29. The lowest BCUT2D eigenvalue weighted by molar-refractivity contribution is -0.113. The van der Waals surface area contributed by atoms with Crippen molar-refractivity contribution in [2.75, 3.05) is 11.1 Å². The molecular weight excluding hydrogens is 364 g/mol. The Labute approximate surface area is 159 Å². The van der Waals surface area contributed by atoms with Gasteiger partial charge in [-0.1, -0.05) is 30.0 Å². The summed E-state index contributed by atoms with van der Waals surface area (Å²) in [5.41, 5.74) is 3.62. The average Bonchev–Trinajstić information content (AvgIpc) is 3.15. The largest absolute Gasteiger partial charge is 0.449 e. The second kappa shape index (κ2) is 9.35. The molecule has 27 heavy (non-hydrogen) atoms. The van der Waals surface area contributed by atoms with Gasteiger partial charge in [0.1, 0.15) is 5.76 Å². The molecule has 0 bridgehead atoms. The number of thioether (sulfide) groups is 1. The van der Waals surface area contributed by atoms with E-state index in [9.17, 15) is 9.59 Å². The number of amides is 2. The Morgan fingerprint density at radius 2 is 1.85 bits per heavy atom. The van der Waals surface area contributed by atoms with Gasteiger partial charge in [0, 0.05) is 23.6 Å². The van der Waals surface area contributed by atoms with E-state index < -0.39 is 0 Å². The van der Waals surface area contributed by atoms with Crippen molar-refractivity contribution in [2.24, 2.45) is 5.10 Å². The summed E-state index contributed by atoms with van der Waals surface area (Å²) >= 11 is 1.27. The number of nitrogens with one attached hydrogen (secondary N) is 2. The Balaban J connectivity index is 1.45. The first-order valence-corrected chi connectivity index (χ1v) is 9.00. The third-order valence-electron chi connectivity index (χ3n) is 3.31. The zero-order valence-corrected chi connectivity index (χ0v) is 15.0. The van der Waals surface area contributed by atoms with Crippen molar-refractivity contribution < 1.29 is 14.0 Å². The monoisotopic (exact) mass is 380 g/mol. The van der Waals surface area contributed by atoms with Crippen molar-refractivity contribution in [3.05, 3.63) is 78.3 Å². The molecule has 0 fully saturated rings. The van der Waals surface area contributed by atoms with Gasteiger partial charge in [0.2, 0.25) is 5.91 Å². The molecule has 0 spiro atoms. The maximum Gasteiger partial charge on any atom is 0.271 e. The molecule has 0 unspecified atom stereocenters. The summed E-state index contributed by atoms with van der Waals surface area (Å²) in [4.78, 5) is 27.6. The van der Waals surface area contributed by atoms with E-state index in [0.29, 0.717) is 16.4 Å². The number of nitrogens with zero attached hydrogens (tertiary/aromatic N) is 2. The van der Waals surface area contributed by atoms with Gasteiger partial charge in [-0.25, -0.2) is 5.43 Å². The number of anilines is 1. The molecule has 8 heteroatoms. The van der Waals surface area contributed by atoms with Crippen molar-refractivity contribution in [3.63, 3.8) is 0 Å². The van der Waals surface area contributed by atoms with Crippen LogP contribution in [0.15, 0.2) is 81.6 Å². The highest BCUT2D eigenvalue weighted by atomic mass is 32.2. The lowest BCUT2D eigenvalue weighted by atomic mass is 10.3. The number of rotatable bonds is 7. The van der Waals surface area contributed by atoms with Crippen LogP contribution in [-0.4, -0.2) is 28.8 Å². The van der Waals surface area contributed by atoms with Crippen molar-refractivity contribution in [3.8, 4) is 0 Å². The minimum absolute atomic E-state index is 0.123. The fourth-order valence-corrected chi connectivity index (χ4v) is 2.72. The minimum atomic E-state index is -0.340. The first-order valence-electron chi connectivity index (χ1n) is 8.02. The molecule has 2 heterocycles. The van der Waals surface area contributed by atoms with Crippen LogP contribution in [0.25, 0.3) is 0 Å². The van der Waals surface area contributed by atoms with Crippen molar-refractivity contribution in [1.29, 1.82) is 0 Å². The number of aromatic nitrogens is 1. The lowest BCUT2D eigenvalue weighted by Gasteiger charge is -2.03. The molecule has 3 rings (SSSR count). The van der Waals surface area contributed by atoms with Gasteiger partial charge in [0.25, 0.3) is 5.91 Å². The number of carbonyl (C=O) groups excluding carboxylic acids is 2. The summed E-state index contributed by atoms with van der Waals surface area (Å²) in [5, 5.41) is 7.24. The predicted molar refractivity (Wildman–Crippen MR) is 104 cm³/mol. The van der Waals surface area contributed by atoms with E-state index in [-0.39, 0.29) is 17.6 Å². The summed E-state index contributed by atoms with van der Waals surface area (Å²) < 4.78 is 5.54. The molecule has 0 atom stereocenters. The van der Waals surface area contributed by atoms with Crippen LogP contribution in [0.5, 0.6) is 0 Å². The Morgan fingerprint density at radius 1 is 1.07 bits per heavy atom. The highest BCUT2D eigenvalue weighted by Crippen LogP contribution is 2.20. The molecule has 2 amide bonds. The van der Waals surface area contributed by atoms with Gasteiger partial charge in [0.15, 0.2) is 5.09 Å². The van der Waals surface area contributed by atoms with E-state index >= 15 is 0 Å². The van der Waals surface area contributed by atoms with Gasteiger partial charge in [-0.15, -0.1) is 0 Å². The van der Waals surface area contributed by atoms with E-state index in [2.05, 4.69) is 20.8 Å². The highest BCUT2D eigenvalue weighted by molar-refractivity contribution is 7.99. The van der Waals surface area contributed by atoms with Gasteiger partial charge < -0.3 is 9.73 Å². The lowest BCUT2D eigenvalue weighted by Crippen LogP contribution is -2.17. The van der Waals surface area contributed by atoms with E-state index in [0.717, 1.165) is 5.69 Å². The van der Waals surface area contributed by atoms with Crippen molar-refractivity contribution in [2.45, 2.75) is 5.09 Å². The molecule has 1 aromatic carbocycles. The number of carbonyl (C=O) groups is 2. The van der Waals surface area contributed by atoms with Crippen LogP contribution < -0.4 is 10.7 Å². The van der Waals surface area contributed by atoms with Crippen LogP contribution >= 0.6 is 11.8 Å². The molecule has 0 saturated heterocycles. The molecule has 2 aromatic heterocycles. The summed E-state index contributed by atoms with van der Waals surface area (Å²) in [7, 11) is 0. The van der Waals surface area contributed by atoms with Gasteiger partial charge in [-0.3, -0.25) is 14.6 Å². The van der Waals surface area contributed by atoms with Gasteiger partial charge in [0.05, 0.1) is 12.0 Å². The van der Waals surface area contributed by atoms with Crippen LogP contribution in [0.4, 0.5) is 5.69 Å². The van der Waals surface area contributed by atoms with Crippen LogP contribution in [-0.2, 0) is 4.79 Å². The minimum Gasteiger partial charge on any atom is -0.449 e. The molecule has 7 nitrogen and oxygen atoms in total. The number of hydrogen-bond donors (Lipinski definition) is 2. The van der Waals surface area contributed by atoms with E-state index in [1.54, 1.807) is 24.3 Å². The SMILES string of the molecule is O=C(CSc1ccc(/C=N\NC(=O)c2ccncc2)o1)Nc1ccccc1. The molecule has 0 aliphatic heterocycles. The smallest absolute Gasteiger partial charge is 0.271 e. The number of hydrogen-bond acceptors (Lipinski definition) is 6. The fourth-order valence-electron chi connectivity index (χ4n) is 2.06. The molecule has 0 radical (unpaired) electrons. The molecule has 0 aliphatic rings. The summed E-state index contributed by atoms with van der Waals surface area (Å²) in [6.45, 7) is 0. The maximum atomic E-state index is 11.9. The second-order valence-corrected chi connectivity index (χ2v) is 6.27. The van der Waals surface area contributed by atoms with Crippen LogP contribution in [0.2, 0.25) is 0 Å². The van der Waals surface area contributed by atoms with Crippen molar-refractivity contribution in [1.82, 2.24) is 10.4 Å². The van der Waals surface area contributed by atoms with Crippen molar-refractivity contribution >= 4 is 35.5 Å². The quantitative estimate of drug-likeness (QED) is 0.373. The summed E-state index contributed by atoms with van der Waals surface area (Å²) in [5.74, 6) is 0.225. The van der Waals surface area contributed by atoms with Gasteiger partial charge >= 0.3 is 0 Å². The topological polar surface area (TPSA) is 96.6 Å². The number of furan rings is 1. The Bertz CT molecular complexity index is 926. The zero-order chi connectivity index (χ0) is 18.9. The predicted octanol–water partition coefficient (Wildman–Crippen LogP) is 3.17. The standard InChI is InChI=1S/C19H16N4O3S/c24-17(22-15-4-2-1-3-5-15)13-27-18-7-6-16(26-18)12-21-23-19(25)14-8-10-20-11-9-14/h1-12H,13H2,(H,22,24)(H,23,25)/b21-12-. The Hall–Kier alpha value is -3.39. The molecule has 136 valence electrons. The molecule has 2 N–H and O–H groups in total. The first kappa shape index (κ1) is 18.4. The molecule has 3 aromatic rings. The van der Waals surface area contributed by atoms with E-state index in [1.165, 1.54) is 30.4 Å². The Morgan fingerprint density at radius 3 is 2.63 bits per heavy atom. The number of benzene rings is 1. The number of hydrazone groups is 1. The molecular formula is C19H16N4O3S. The van der Waals surface area contributed by atoms with E-state index in [4.69, 9.17) is 4.42 Å². The van der Waals surface area contributed by atoms with Gasteiger partial charge in [-0.05, 0) is 36.4 Å². The third-order valence-corrected chi connectivity index (χ3v) is 4.22. The number of para-hydroxylation sites is 1. The van der Waals surface area contributed by atoms with Crippen LogP contribution in [0.1, 0.15) is 16.1 Å². The van der Waals surface area contributed by atoms with E-state index in [1.807, 2.05) is 30.3 Å². The van der Waals surface area contributed by atoms with Gasteiger partial charge in [-0.2, -0.15) is 5.10 Å². The normalized spacial score (nSPS) is 10.7. The fraction of sp³-hybridized carbons (Fsp3) is 0.0526. The van der Waals surface area contributed by atoms with Crippen LogP contribution in [0, 0.1) is 0 Å². The maximum absolute atomic E-state index is 11.9. The average molecular weight is 380 g/mol. The summed E-state index contributed by atoms with van der Waals surface area (Å²) in [6.07, 6.45) is 4.46. The highest BCUT2D eigenvalue weighted by Gasteiger charge is 2.07. The molecule has 0 aliphatic carbocycles. The number of pyridine rings is 1. The zero-order valence-electron chi connectivity index (χ0n) is 14.2. The third kappa shape index (κ3) is 5.82. The Kier molecular flexibility index (Phi) is 6.37. The first-order chi connectivity index (χ1) is 13.2. The van der Waals surface area contributed by atoms with Crippen LogP contribution in [0.3, 0.4) is 0 Å². The summed E-state index contributed by atoms with van der Waals surface area (Å²) in [6, 6.07) is 15.9. The molecule has 0 saturated carbocycles.